The fourth-order valence-corrected chi connectivity index (χ4v) is 3.46. The van der Waals surface area contributed by atoms with Crippen LogP contribution in [0.5, 0.6) is 11.5 Å². The number of amides is 1. The van der Waals surface area contributed by atoms with Gasteiger partial charge in [-0.3, -0.25) is 9.78 Å². The SMILES string of the molecule is CN1c2ccc(Oc3ccnc(C(=O)NCCO)c3)cc2NC1Nc1cccc(C(F)(F)F)c1. The summed E-state index contributed by atoms with van der Waals surface area (Å²) in [7, 11) is 1.81. The van der Waals surface area contributed by atoms with Crippen LogP contribution in [-0.4, -0.2) is 42.5 Å². The van der Waals surface area contributed by atoms with Gasteiger partial charge in [-0.25, -0.2) is 0 Å². The lowest BCUT2D eigenvalue weighted by Gasteiger charge is -2.24. The fraction of sp³-hybridized carbons (Fsp3) is 0.217. The van der Waals surface area contributed by atoms with Crippen molar-refractivity contribution in [2.24, 2.45) is 0 Å². The molecular formula is C23H22F3N5O3. The van der Waals surface area contributed by atoms with Crippen molar-refractivity contribution in [2.45, 2.75) is 12.5 Å². The molecule has 11 heteroatoms. The van der Waals surface area contributed by atoms with Gasteiger partial charge in [-0.05, 0) is 36.4 Å². The number of alkyl halides is 3. The Kier molecular flexibility index (Phi) is 6.46. The van der Waals surface area contributed by atoms with E-state index in [4.69, 9.17) is 9.84 Å². The molecule has 0 bridgehead atoms. The fourth-order valence-electron chi connectivity index (χ4n) is 3.46. The number of hydrogen-bond acceptors (Lipinski definition) is 7. The van der Waals surface area contributed by atoms with Crippen molar-refractivity contribution < 1.29 is 27.8 Å². The average molecular weight is 473 g/mol. The molecule has 1 aliphatic heterocycles. The Hall–Kier alpha value is -3.99. The summed E-state index contributed by atoms with van der Waals surface area (Å²) in [5.74, 6) is 0.460. The standard InChI is InChI=1S/C23H22F3N5O3/c1-31-20-6-5-16(34-17-7-8-27-19(13-17)21(33)28-9-10-32)12-18(20)30-22(31)29-15-4-2-3-14(11-15)23(24,25)26/h2-8,11-13,22,29-30,32H,9-10H2,1H3,(H,28,33). The third kappa shape index (κ3) is 5.15. The highest BCUT2D eigenvalue weighted by molar-refractivity contribution is 5.92. The van der Waals surface area contributed by atoms with Crippen molar-refractivity contribution in [1.29, 1.82) is 0 Å². The van der Waals surface area contributed by atoms with Crippen molar-refractivity contribution >= 4 is 23.0 Å². The number of hydrogen-bond donors (Lipinski definition) is 4. The first-order chi connectivity index (χ1) is 16.2. The van der Waals surface area contributed by atoms with Crippen molar-refractivity contribution in [3.05, 3.63) is 72.1 Å². The highest BCUT2D eigenvalue weighted by Crippen LogP contribution is 2.38. The zero-order valence-corrected chi connectivity index (χ0v) is 18.1. The van der Waals surface area contributed by atoms with Crippen LogP contribution in [-0.2, 0) is 6.18 Å². The first-order valence-electron chi connectivity index (χ1n) is 10.3. The number of carbonyl (C=O) groups is 1. The molecule has 0 spiro atoms. The van der Waals surface area contributed by atoms with E-state index in [0.29, 0.717) is 17.2 Å². The van der Waals surface area contributed by atoms with Gasteiger partial charge < -0.3 is 30.7 Å². The van der Waals surface area contributed by atoms with E-state index in [2.05, 4.69) is 20.9 Å². The summed E-state index contributed by atoms with van der Waals surface area (Å²) < 4.78 is 44.9. The molecule has 2 heterocycles. The quantitative estimate of drug-likeness (QED) is 0.414. The van der Waals surface area contributed by atoms with Gasteiger partial charge in [0, 0.05) is 37.6 Å². The Labute approximate surface area is 193 Å². The Morgan fingerprint density at radius 3 is 2.74 bits per heavy atom. The maximum atomic E-state index is 13.0. The molecule has 0 fully saturated rings. The predicted molar refractivity (Wildman–Crippen MR) is 121 cm³/mol. The largest absolute Gasteiger partial charge is 0.457 e. The van der Waals surface area contributed by atoms with E-state index in [0.717, 1.165) is 23.5 Å². The summed E-state index contributed by atoms with van der Waals surface area (Å²) in [6.45, 7) is -0.0621. The molecule has 2 aromatic carbocycles. The van der Waals surface area contributed by atoms with Crippen molar-refractivity contribution in [1.82, 2.24) is 10.3 Å². The number of pyridine rings is 1. The topological polar surface area (TPSA) is 98.8 Å². The van der Waals surface area contributed by atoms with Crippen LogP contribution in [0.1, 0.15) is 16.1 Å². The highest BCUT2D eigenvalue weighted by atomic mass is 19.4. The summed E-state index contributed by atoms with van der Waals surface area (Å²) >= 11 is 0. The minimum atomic E-state index is -4.42. The number of nitrogens with zero attached hydrogens (tertiary/aromatic N) is 2. The van der Waals surface area contributed by atoms with Gasteiger partial charge in [0.15, 0.2) is 6.29 Å². The zero-order chi connectivity index (χ0) is 24.3. The number of halogens is 3. The van der Waals surface area contributed by atoms with E-state index in [9.17, 15) is 18.0 Å². The molecule has 0 saturated carbocycles. The van der Waals surface area contributed by atoms with E-state index in [1.165, 1.54) is 18.3 Å². The van der Waals surface area contributed by atoms with E-state index in [1.54, 1.807) is 24.3 Å². The second kappa shape index (κ2) is 9.48. The third-order valence-corrected chi connectivity index (χ3v) is 5.12. The van der Waals surface area contributed by atoms with Gasteiger partial charge in [-0.1, -0.05) is 6.07 Å². The summed E-state index contributed by atoms with van der Waals surface area (Å²) in [4.78, 5) is 17.9. The van der Waals surface area contributed by atoms with E-state index in [1.807, 2.05) is 18.0 Å². The number of benzene rings is 2. The molecule has 1 atom stereocenters. The average Bonchev–Trinajstić information content (AvgIpc) is 3.11. The Morgan fingerprint density at radius 1 is 1.18 bits per heavy atom. The Bertz CT molecular complexity index is 1190. The van der Waals surface area contributed by atoms with Gasteiger partial charge in [0.25, 0.3) is 5.91 Å². The molecule has 1 aromatic heterocycles. The molecule has 1 amide bonds. The lowest BCUT2D eigenvalue weighted by Crippen LogP contribution is -2.39. The first-order valence-corrected chi connectivity index (χ1v) is 10.3. The highest BCUT2D eigenvalue weighted by Gasteiger charge is 2.31. The van der Waals surface area contributed by atoms with Gasteiger partial charge in [-0.2, -0.15) is 13.2 Å². The maximum absolute atomic E-state index is 13.0. The number of rotatable bonds is 7. The van der Waals surface area contributed by atoms with E-state index >= 15 is 0 Å². The molecule has 0 saturated heterocycles. The maximum Gasteiger partial charge on any atom is 0.416 e. The number of aromatic nitrogens is 1. The normalized spacial score (nSPS) is 14.9. The molecule has 1 aliphatic rings. The zero-order valence-electron chi connectivity index (χ0n) is 18.1. The number of ether oxygens (including phenoxy) is 1. The molecular weight excluding hydrogens is 451 g/mol. The molecule has 1 unspecified atom stereocenters. The summed E-state index contributed by atoms with van der Waals surface area (Å²) in [6, 6.07) is 13.4. The second-order valence-corrected chi connectivity index (χ2v) is 7.52. The first kappa shape index (κ1) is 23.2. The van der Waals surface area contributed by atoms with Crippen LogP contribution in [0.4, 0.5) is 30.2 Å². The third-order valence-electron chi connectivity index (χ3n) is 5.12. The molecule has 4 N–H and O–H groups in total. The Morgan fingerprint density at radius 2 is 1.97 bits per heavy atom. The van der Waals surface area contributed by atoms with Gasteiger partial charge >= 0.3 is 6.18 Å². The Balaban J connectivity index is 1.46. The molecule has 8 nitrogen and oxygen atoms in total. The van der Waals surface area contributed by atoms with Crippen LogP contribution >= 0.6 is 0 Å². The van der Waals surface area contributed by atoms with E-state index < -0.39 is 23.9 Å². The number of nitrogens with one attached hydrogen (secondary N) is 3. The summed E-state index contributed by atoms with van der Waals surface area (Å²) in [5.41, 5.74) is 1.30. The van der Waals surface area contributed by atoms with Crippen LogP contribution in [0.25, 0.3) is 0 Å². The van der Waals surface area contributed by atoms with Crippen molar-refractivity contribution in [3.8, 4) is 11.5 Å². The van der Waals surface area contributed by atoms with Crippen LogP contribution in [0.2, 0.25) is 0 Å². The lowest BCUT2D eigenvalue weighted by atomic mass is 10.2. The van der Waals surface area contributed by atoms with Crippen molar-refractivity contribution in [2.75, 3.05) is 35.7 Å². The van der Waals surface area contributed by atoms with Gasteiger partial charge in [0.05, 0.1) is 23.5 Å². The minimum Gasteiger partial charge on any atom is -0.457 e. The molecule has 4 rings (SSSR count). The number of aliphatic hydroxyl groups is 1. The lowest BCUT2D eigenvalue weighted by molar-refractivity contribution is -0.137. The second-order valence-electron chi connectivity index (χ2n) is 7.52. The molecule has 0 radical (unpaired) electrons. The van der Waals surface area contributed by atoms with Crippen molar-refractivity contribution in [3.63, 3.8) is 0 Å². The number of carbonyl (C=O) groups excluding carboxylic acids is 1. The molecule has 34 heavy (non-hydrogen) atoms. The van der Waals surface area contributed by atoms with E-state index in [-0.39, 0.29) is 18.8 Å². The van der Waals surface area contributed by atoms with Crippen LogP contribution in [0.3, 0.4) is 0 Å². The van der Waals surface area contributed by atoms with Crippen LogP contribution in [0.15, 0.2) is 60.8 Å². The number of anilines is 3. The van der Waals surface area contributed by atoms with Gasteiger partial charge in [-0.15, -0.1) is 0 Å². The smallest absolute Gasteiger partial charge is 0.416 e. The number of fused-ring (bicyclic) bond motifs is 1. The van der Waals surface area contributed by atoms with Gasteiger partial charge in [0.2, 0.25) is 0 Å². The minimum absolute atomic E-state index is 0.116. The summed E-state index contributed by atoms with van der Waals surface area (Å²) in [5, 5.41) is 17.6. The van der Waals surface area contributed by atoms with Crippen LogP contribution in [0, 0.1) is 0 Å². The molecule has 3 aromatic rings. The number of aliphatic hydroxyl groups excluding tert-OH is 1. The van der Waals surface area contributed by atoms with Crippen LogP contribution < -0.4 is 25.6 Å². The van der Waals surface area contributed by atoms with Gasteiger partial charge in [0.1, 0.15) is 17.2 Å². The summed E-state index contributed by atoms with van der Waals surface area (Å²) in [6.07, 6.45) is -3.46. The monoisotopic (exact) mass is 473 g/mol. The predicted octanol–water partition coefficient (Wildman–Crippen LogP) is 3.87. The molecule has 178 valence electrons. The molecule has 0 aliphatic carbocycles.